The van der Waals surface area contributed by atoms with E-state index >= 15 is 0 Å². The maximum Gasteiger partial charge on any atom is 0.238 e. The number of amides is 1. The Bertz CT molecular complexity index is 723. The van der Waals surface area contributed by atoms with Crippen molar-refractivity contribution in [2.45, 2.75) is 20.3 Å². The van der Waals surface area contributed by atoms with Gasteiger partial charge in [-0.25, -0.2) is 0 Å². The van der Waals surface area contributed by atoms with Crippen molar-refractivity contribution < 1.29 is 9.32 Å². The quantitative estimate of drug-likeness (QED) is 0.932. The Morgan fingerprint density at radius 3 is 2.86 bits per heavy atom. The summed E-state index contributed by atoms with van der Waals surface area (Å²) in [6, 6.07) is 9.73. The van der Waals surface area contributed by atoms with Gasteiger partial charge in [0.25, 0.3) is 0 Å². The summed E-state index contributed by atoms with van der Waals surface area (Å²) in [5, 5.41) is 15.0. The first-order valence-electron chi connectivity index (χ1n) is 6.48. The third kappa shape index (κ3) is 3.57. The van der Waals surface area contributed by atoms with Crippen molar-refractivity contribution in [3.63, 3.8) is 0 Å². The third-order valence-electron chi connectivity index (χ3n) is 3.00. The van der Waals surface area contributed by atoms with Gasteiger partial charge in [0.15, 0.2) is 5.76 Å². The van der Waals surface area contributed by atoms with E-state index in [1.54, 1.807) is 19.1 Å². The first-order chi connectivity index (χ1) is 10.1. The minimum atomic E-state index is -0.380. The summed E-state index contributed by atoms with van der Waals surface area (Å²) in [5.41, 5.74) is 3.27. The Kier molecular flexibility index (Phi) is 4.52. The van der Waals surface area contributed by atoms with Crippen LogP contribution in [0.1, 0.15) is 29.0 Å². The molecule has 0 atom stereocenters. The molecule has 0 aliphatic carbocycles. The van der Waals surface area contributed by atoms with Crippen LogP contribution in [0.15, 0.2) is 28.8 Å². The van der Waals surface area contributed by atoms with Crippen LogP contribution in [0.4, 0.5) is 5.69 Å². The molecule has 1 amide bonds. The molecule has 2 aromatic rings. The fraction of sp³-hybridized carbons (Fsp3) is 0.188. The van der Waals surface area contributed by atoms with E-state index in [2.05, 4.69) is 10.5 Å². The largest absolute Gasteiger partial charge is 0.354 e. The summed E-state index contributed by atoms with van der Waals surface area (Å²) >= 11 is 0. The molecule has 2 rings (SSSR count). The van der Waals surface area contributed by atoms with Crippen LogP contribution in [-0.2, 0) is 4.79 Å². The molecule has 0 radical (unpaired) electrons. The molecule has 0 spiro atoms. The minimum absolute atomic E-state index is 0.203. The van der Waals surface area contributed by atoms with Crippen LogP contribution in [0, 0.1) is 25.2 Å². The molecule has 21 heavy (non-hydrogen) atoms. The van der Waals surface area contributed by atoms with Crippen LogP contribution in [0.3, 0.4) is 0 Å². The Labute approximate surface area is 122 Å². The van der Waals surface area contributed by atoms with E-state index in [0.717, 1.165) is 11.1 Å². The highest BCUT2D eigenvalue weighted by Crippen LogP contribution is 2.23. The van der Waals surface area contributed by atoms with E-state index in [4.69, 9.17) is 9.78 Å². The van der Waals surface area contributed by atoms with Gasteiger partial charge in [-0.05, 0) is 31.1 Å². The van der Waals surface area contributed by atoms with E-state index in [0.29, 0.717) is 17.1 Å². The van der Waals surface area contributed by atoms with Crippen molar-refractivity contribution in [3.05, 3.63) is 46.8 Å². The first kappa shape index (κ1) is 14.5. The second kappa shape index (κ2) is 6.53. The second-order valence-electron chi connectivity index (χ2n) is 4.58. The summed E-state index contributed by atoms with van der Waals surface area (Å²) in [4.78, 5) is 11.5. The summed E-state index contributed by atoms with van der Waals surface area (Å²) in [6.07, 6.45) is 3.45. The number of anilines is 1. The molecule has 1 N–H and O–H groups in total. The van der Waals surface area contributed by atoms with E-state index in [1.807, 2.05) is 37.3 Å². The van der Waals surface area contributed by atoms with Gasteiger partial charge in [0, 0.05) is 0 Å². The molecular formula is C16H15N3O2. The predicted octanol–water partition coefficient (Wildman–Crippen LogP) is 3.31. The number of nitrogens with one attached hydrogen (secondary N) is 1. The van der Waals surface area contributed by atoms with Crippen LogP contribution in [0.2, 0.25) is 0 Å². The fourth-order valence-electron chi connectivity index (χ4n) is 1.85. The van der Waals surface area contributed by atoms with Crippen molar-refractivity contribution in [2.24, 2.45) is 0 Å². The van der Waals surface area contributed by atoms with Crippen molar-refractivity contribution in [1.82, 2.24) is 5.16 Å². The Hall–Kier alpha value is -2.87. The van der Waals surface area contributed by atoms with Gasteiger partial charge in [-0.15, -0.1) is 0 Å². The molecule has 106 valence electrons. The van der Waals surface area contributed by atoms with Crippen LogP contribution in [0.25, 0.3) is 12.2 Å². The van der Waals surface area contributed by atoms with E-state index in [-0.39, 0.29) is 12.3 Å². The van der Waals surface area contributed by atoms with Crippen molar-refractivity contribution >= 4 is 23.7 Å². The number of hydrogen-bond acceptors (Lipinski definition) is 4. The summed E-state index contributed by atoms with van der Waals surface area (Å²) in [6.45, 7) is 3.75. The highest BCUT2D eigenvalue weighted by Gasteiger charge is 2.13. The van der Waals surface area contributed by atoms with Crippen LogP contribution in [0.5, 0.6) is 0 Å². The molecule has 0 aliphatic rings. The number of nitrogens with zero attached hydrogens (tertiary/aromatic N) is 2. The molecule has 0 unspecified atom stereocenters. The normalized spacial score (nSPS) is 10.5. The molecule has 0 saturated heterocycles. The van der Waals surface area contributed by atoms with Gasteiger partial charge in [-0.3, -0.25) is 4.79 Å². The SMILES string of the molecule is Cc1ccccc1/C=C/c1onc(C)c1NC(=O)CC#N. The Balaban J connectivity index is 2.24. The fourth-order valence-corrected chi connectivity index (χ4v) is 1.85. The number of carbonyl (C=O) groups is 1. The number of benzene rings is 1. The third-order valence-corrected chi connectivity index (χ3v) is 3.00. The summed E-state index contributed by atoms with van der Waals surface area (Å²) < 4.78 is 5.20. The number of rotatable bonds is 4. The topological polar surface area (TPSA) is 78.9 Å². The van der Waals surface area contributed by atoms with Crippen LogP contribution >= 0.6 is 0 Å². The maximum atomic E-state index is 11.5. The standard InChI is InChI=1S/C16H15N3O2/c1-11-5-3-4-6-13(11)7-8-14-16(12(2)19-21-14)18-15(20)9-10-17/h3-8H,9H2,1-2H3,(H,18,20)/b8-7+. The molecule has 0 bridgehead atoms. The molecule has 5 heteroatoms. The van der Waals surface area contributed by atoms with Gasteiger partial charge in [0.1, 0.15) is 17.8 Å². The molecule has 0 fully saturated rings. The Morgan fingerprint density at radius 2 is 2.14 bits per heavy atom. The van der Waals surface area contributed by atoms with Crippen molar-refractivity contribution in [2.75, 3.05) is 5.32 Å². The molecule has 1 aromatic carbocycles. The average molecular weight is 281 g/mol. The molecule has 0 aliphatic heterocycles. The monoisotopic (exact) mass is 281 g/mol. The molecule has 1 aromatic heterocycles. The van der Waals surface area contributed by atoms with Gasteiger partial charge in [-0.2, -0.15) is 5.26 Å². The van der Waals surface area contributed by atoms with Gasteiger partial charge in [-0.1, -0.05) is 35.5 Å². The maximum absolute atomic E-state index is 11.5. The van der Waals surface area contributed by atoms with Crippen molar-refractivity contribution in [3.8, 4) is 6.07 Å². The number of nitriles is 1. The average Bonchev–Trinajstić information content (AvgIpc) is 2.79. The smallest absolute Gasteiger partial charge is 0.238 e. The number of aromatic nitrogens is 1. The number of aryl methyl sites for hydroxylation is 2. The number of hydrogen-bond donors (Lipinski definition) is 1. The lowest BCUT2D eigenvalue weighted by atomic mass is 10.1. The van der Waals surface area contributed by atoms with Gasteiger partial charge >= 0.3 is 0 Å². The minimum Gasteiger partial charge on any atom is -0.354 e. The first-order valence-corrected chi connectivity index (χ1v) is 6.48. The van der Waals surface area contributed by atoms with Crippen molar-refractivity contribution in [1.29, 1.82) is 5.26 Å². The van der Waals surface area contributed by atoms with E-state index in [9.17, 15) is 4.79 Å². The zero-order chi connectivity index (χ0) is 15.2. The van der Waals surface area contributed by atoms with Crippen LogP contribution < -0.4 is 5.32 Å². The zero-order valence-electron chi connectivity index (χ0n) is 11.9. The van der Waals surface area contributed by atoms with Crippen LogP contribution in [-0.4, -0.2) is 11.1 Å². The highest BCUT2D eigenvalue weighted by atomic mass is 16.5. The number of carbonyl (C=O) groups excluding carboxylic acids is 1. The molecular weight excluding hydrogens is 266 g/mol. The zero-order valence-corrected chi connectivity index (χ0v) is 11.9. The van der Waals surface area contributed by atoms with Gasteiger partial charge in [0.05, 0.1) is 6.07 Å². The lowest BCUT2D eigenvalue weighted by Crippen LogP contribution is -2.11. The van der Waals surface area contributed by atoms with E-state index < -0.39 is 0 Å². The summed E-state index contributed by atoms with van der Waals surface area (Å²) in [7, 11) is 0. The molecule has 1 heterocycles. The van der Waals surface area contributed by atoms with Gasteiger partial charge < -0.3 is 9.84 Å². The van der Waals surface area contributed by atoms with E-state index in [1.165, 1.54) is 0 Å². The second-order valence-corrected chi connectivity index (χ2v) is 4.58. The Morgan fingerprint density at radius 1 is 1.38 bits per heavy atom. The summed E-state index contributed by atoms with van der Waals surface area (Å²) in [5.74, 6) is 0.0800. The predicted molar refractivity (Wildman–Crippen MR) is 80.2 cm³/mol. The molecule has 5 nitrogen and oxygen atoms in total. The van der Waals surface area contributed by atoms with Gasteiger partial charge in [0.2, 0.25) is 5.91 Å². The molecule has 0 saturated carbocycles. The highest BCUT2D eigenvalue weighted by molar-refractivity contribution is 5.94. The lowest BCUT2D eigenvalue weighted by Gasteiger charge is -2.01. The lowest BCUT2D eigenvalue weighted by molar-refractivity contribution is -0.115.